The fraction of sp³-hybridized carbons (Fsp3) is 0.353. The van der Waals surface area contributed by atoms with Crippen LogP contribution in [0.4, 0.5) is 8.78 Å². The van der Waals surface area contributed by atoms with Gasteiger partial charge in [-0.3, -0.25) is 9.59 Å². The summed E-state index contributed by atoms with van der Waals surface area (Å²) in [6.07, 6.45) is 2.70. The average Bonchev–Trinajstić information content (AvgIpc) is 3.08. The van der Waals surface area contributed by atoms with Crippen LogP contribution in [0.15, 0.2) is 24.4 Å². The minimum absolute atomic E-state index is 0.0870. The molecule has 1 aromatic carbocycles. The van der Waals surface area contributed by atoms with Gasteiger partial charge >= 0.3 is 0 Å². The number of rotatable bonds is 4. The molecule has 1 saturated heterocycles. The van der Waals surface area contributed by atoms with Crippen LogP contribution >= 0.6 is 11.3 Å². The molecule has 1 N–H and O–H groups in total. The summed E-state index contributed by atoms with van der Waals surface area (Å²) >= 11 is 1.11. The fourth-order valence-electron chi connectivity index (χ4n) is 2.65. The molecule has 2 heterocycles. The number of nitrogens with one attached hydrogen (secondary N) is 1. The standard InChI is InChI=1S/C17H17F2N3O2S/c1-22-5-4-10(6-15(22)23)8-20-16(24)14-9-21-17(25-14)11-2-3-12(18)13(19)7-11/h2-3,7,9-10H,4-6,8H2,1H3,(H,20,24). The van der Waals surface area contributed by atoms with Gasteiger partial charge < -0.3 is 10.2 Å². The van der Waals surface area contributed by atoms with E-state index in [2.05, 4.69) is 10.3 Å². The first-order valence-corrected chi connectivity index (χ1v) is 8.69. The molecule has 0 saturated carbocycles. The quantitative estimate of drug-likeness (QED) is 0.906. The molecule has 25 heavy (non-hydrogen) atoms. The summed E-state index contributed by atoms with van der Waals surface area (Å²) in [5.41, 5.74) is 0.420. The number of benzene rings is 1. The molecular formula is C17H17F2N3O2S. The van der Waals surface area contributed by atoms with Crippen LogP contribution in [-0.4, -0.2) is 41.8 Å². The zero-order valence-corrected chi connectivity index (χ0v) is 14.4. The summed E-state index contributed by atoms with van der Waals surface area (Å²) in [5.74, 6) is -1.94. The van der Waals surface area contributed by atoms with E-state index < -0.39 is 11.6 Å². The number of thiazole rings is 1. The van der Waals surface area contributed by atoms with E-state index in [0.717, 1.165) is 29.9 Å². The normalized spacial score (nSPS) is 17.6. The molecule has 0 aliphatic carbocycles. The number of piperidine rings is 1. The highest BCUT2D eigenvalue weighted by Gasteiger charge is 2.24. The summed E-state index contributed by atoms with van der Waals surface area (Å²) in [7, 11) is 1.77. The van der Waals surface area contributed by atoms with Gasteiger partial charge in [0.05, 0.1) is 6.20 Å². The molecule has 1 aliphatic heterocycles. The van der Waals surface area contributed by atoms with E-state index in [4.69, 9.17) is 0 Å². The van der Waals surface area contributed by atoms with Crippen molar-refractivity contribution < 1.29 is 18.4 Å². The third kappa shape index (κ3) is 4.01. The molecule has 5 nitrogen and oxygen atoms in total. The van der Waals surface area contributed by atoms with E-state index in [9.17, 15) is 18.4 Å². The molecular weight excluding hydrogens is 348 g/mol. The summed E-state index contributed by atoms with van der Waals surface area (Å²) < 4.78 is 26.3. The van der Waals surface area contributed by atoms with Crippen molar-refractivity contribution >= 4 is 23.2 Å². The van der Waals surface area contributed by atoms with Crippen molar-refractivity contribution in [2.75, 3.05) is 20.1 Å². The largest absolute Gasteiger partial charge is 0.351 e. The lowest BCUT2D eigenvalue weighted by Crippen LogP contribution is -2.40. The van der Waals surface area contributed by atoms with Crippen LogP contribution in [-0.2, 0) is 4.79 Å². The second kappa shape index (κ2) is 7.26. The average molecular weight is 365 g/mol. The Bertz CT molecular complexity index is 809. The van der Waals surface area contributed by atoms with Crippen molar-refractivity contribution in [3.8, 4) is 10.6 Å². The Morgan fingerprint density at radius 3 is 2.92 bits per heavy atom. The molecule has 8 heteroatoms. The van der Waals surface area contributed by atoms with Gasteiger partial charge in [0.15, 0.2) is 11.6 Å². The van der Waals surface area contributed by atoms with E-state index in [0.29, 0.717) is 35.0 Å². The molecule has 132 valence electrons. The number of halogens is 2. The van der Waals surface area contributed by atoms with Crippen LogP contribution in [0.1, 0.15) is 22.5 Å². The molecule has 0 spiro atoms. The van der Waals surface area contributed by atoms with Gasteiger partial charge in [-0.1, -0.05) is 0 Å². The topological polar surface area (TPSA) is 62.3 Å². The number of amides is 2. The molecule has 2 aromatic rings. The van der Waals surface area contributed by atoms with Gasteiger partial charge in [0.2, 0.25) is 5.91 Å². The van der Waals surface area contributed by atoms with Gasteiger partial charge in [-0.25, -0.2) is 13.8 Å². The maximum Gasteiger partial charge on any atom is 0.263 e. The second-order valence-electron chi connectivity index (χ2n) is 6.04. The minimum Gasteiger partial charge on any atom is -0.351 e. The Morgan fingerprint density at radius 2 is 2.20 bits per heavy atom. The van der Waals surface area contributed by atoms with E-state index in [-0.39, 0.29) is 17.7 Å². The van der Waals surface area contributed by atoms with Crippen molar-refractivity contribution in [2.45, 2.75) is 12.8 Å². The van der Waals surface area contributed by atoms with Gasteiger partial charge in [0, 0.05) is 32.1 Å². The van der Waals surface area contributed by atoms with Crippen LogP contribution in [0.2, 0.25) is 0 Å². The van der Waals surface area contributed by atoms with E-state index in [1.165, 1.54) is 12.3 Å². The molecule has 1 aliphatic rings. The maximum atomic E-state index is 13.3. The lowest BCUT2D eigenvalue weighted by atomic mass is 9.96. The zero-order chi connectivity index (χ0) is 18.0. The number of nitrogens with zero attached hydrogens (tertiary/aromatic N) is 2. The molecule has 0 bridgehead atoms. The van der Waals surface area contributed by atoms with Crippen molar-refractivity contribution in [3.05, 3.63) is 40.9 Å². The Kier molecular flexibility index (Phi) is 5.08. The third-order valence-electron chi connectivity index (χ3n) is 4.21. The fourth-order valence-corrected chi connectivity index (χ4v) is 3.47. The monoisotopic (exact) mass is 365 g/mol. The first-order chi connectivity index (χ1) is 11.9. The van der Waals surface area contributed by atoms with E-state index in [1.54, 1.807) is 11.9 Å². The van der Waals surface area contributed by atoms with Crippen LogP contribution in [0, 0.1) is 17.6 Å². The number of carbonyl (C=O) groups is 2. The number of likely N-dealkylation sites (tertiary alicyclic amines) is 1. The highest BCUT2D eigenvalue weighted by Crippen LogP contribution is 2.26. The van der Waals surface area contributed by atoms with Crippen LogP contribution < -0.4 is 5.32 Å². The number of carbonyl (C=O) groups excluding carboxylic acids is 2. The summed E-state index contributed by atoms with van der Waals surface area (Å²) in [4.78, 5) is 30.1. The SMILES string of the molecule is CN1CCC(CNC(=O)c2cnc(-c3ccc(F)c(F)c3)s2)CC1=O. The molecule has 1 fully saturated rings. The molecule has 0 radical (unpaired) electrons. The van der Waals surface area contributed by atoms with E-state index in [1.807, 2.05) is 0 Å². The number of aromatic nitrogens is 1. The first kappa shape index (κ1) is 17.5. The van der Waals surface area contributed by atoms with Gasteiger partial charge in [-0.2, -0.15) is 0 Å². The molecule has 3 rings (SSSR count). The summed E-state index contributed by atoms with van der Waals surface area (Å²) in [6.45, 7) is 1.12. The minimum atomic E-state index is -0.953. The highest BCUT2D eigenvalue weighted by molar-refractivity contribution is 7.16. The van der Waals surface area contributed by atoms with Gasteiger partial charge in [0.1, 0.15) is 9.88 Å². The lowest BCUT2D eigenvalue weighted by Gasteiger charge is -2.28. The number of hydrogen-bond acceptors (Lipinski definition) is 4. The molecule has 1 unspecified atom stereocenters. The number of hydrogen-bond donors (Lipinski definition) is 1. The van der Waals surface area contributed by atoms with Crippen molar-refractivity contribution in [2.24, 2.45) is 5.92 Å². The van der Waals surface area contributed by atoms with E-state index >= 15 is 0 Å². The Hall–Kier alpha value is -2.35. The Balaban J connectivity index is 1.61. The lowest BCUT2D eigenvalue weighted by molar-refractivity contribution is -0.133. The molecule has 1 atom stereocenters. The molecule has 2 amide bonds. The van der Waals surface area contributed by atoms with Crippen molar-refractivity contribution in [1.29, 1.82) is 0 Å². The predicted octanol–water partition coefficient (Wildman–Crippen LogP) is 2.69. The Morgan fingerprint density at radius 1 is 1.40 bits per heavy atom. The second-order valence-corrected chi connectivity index (χ2v) is 7.07. The first-order valence-electron chi connectivity index (χ1n) is 7.87. The highest BCUT2D eigenvalue weighted by atomic mass is 32.1. The van der Waals surface area contributed by atoms with Gasteiger partial charge in [0.25, 0.3) is 5.91 Å². The summed E-state index contributed by atoms with van der Waals surface area (Å²) in [6, 6.07) is 3.51. The zero-order valence-electron chi connectivity index (χ0n) is 13.6. The third-order valence-corrected chi connectivity index (χ3v) is 5.25. The van der Waals surface area contributed by atoms with Gasteiger partial charge in [-0.05, 0) is 30.5 Å². The smallest absolute Gasteiger partial charge is 0.263 e. The van der Waals surface area contributed by atoms with Crippen molar-refractivity contribution in [1.82, 2.24) is 15.2 Å². The van der Waals surface area contributed by atoms with Crippen LogP contribution in [0.3, 0.4) is 0 Å². The van der Waals surface area contributed by atoms with Crippen molar-refractivity contribution in [3.63, 3.8) is 0 Å². The van der Waals surface area contributed by atoms with Gasteiger partial charge in [-0.15, -0.1) is 11.3 Å². The van der Waals surface area contributed by atoms with Crippen LogP contribution in [0.5, 0.6) is 0 Å². The summed E-state index contributed by atoms with van der Waals surface area (Å²) in [5, 5.41) is 3.26. The Labute approximate surface area is 147 Å². The predicted molar refractivity (Wildman–Crippen MR) is 90.2 cm³/mol. The maximum absolute atomic E-state index is 13.3. The molecule has 1 aromatic heterocycles. The van der Waals surface area contributed by atoms with Crippen LogP contribution in [0.25, 0.3) is 10.6 Å².